The van der Waals surface area contributed by atoms with Crippen molar-refractivity contribution in [2.45, 2.75) is 33.2 Å². The molecule has 154 valence electrons. The number of nitrogens with one attached hydrogen (secondary N) is 1. The van der Waals surface area contributed by atoms with Crippen LogP contribution in [0.5, 0.6) is 0 Å². The van der Waals surface area contributed by atoms with Gasteiger partial charge in [-0.2, -0.15) is 5.10 Å². The molecule has 0 saturated heterocycles. The normalized spacial score (nSPS) is 22.1. The van der Waals surface area contributed by atoms with Crippen molar-refractivity contribution in [1.29, 1.82) is 0 Å². The number of rotatable bonds is 2. The third-order valence-corrected chi connectivity index (χ3v) is 6.17. The van der Waals surface area contributed by atoms with Crippen molar-refractivity contribution in [1.82, 2.24) is 19.8 Å². The standard InChI is InChI=1S/C21H26FN5O2/c1-12-10-18-16(19-21(29)26(4)25(3)7-8-27(19)24-18)11-15(12)20(28)23-14-5-6-17(22)13(2)9-14/h5-6,9,12,15H,7-8,10-11H2,1-4H3,(H,23,28)/t12-,15?/m1/s1. The number of benzene rings is 1. The van der Waals surface area contributed by atoms with Gasteiger partial charge in [0, 0.05) is 37.8 Å². The van der Waals surface area contributed by atoms with E-state index in [1.54, 1.807) is 35.8 Å². The molecule has 2 aromatic rings. The minimum atomic E-state index is -0.297. The number of carbonyl (C=O) groups is 2. The van der Waals surface area contributed by atoms with Crippen LogP contribution < -0.4 is 5.32 Å². The Morgan fingerprint density at radius 3 is 2.72 bits per heavy atom. The fourth-order valence-corrected chi connectivity index (χ4v) is 4.20. The van der Waals surface area contributed by atoms with Crippen molar-refractivity contribution in [3.8, 4) is 0 Å². The molecule has 8 heteroatoms. The number of amides is 2. The van der Waals surface area contributed by atoms with Gasteiger partial charge >= 0.3 is 0 Å². The number of fused-ring (bicyclic) bond motifs is 3. The first-order valence-corrected chi connectivity index (χ1v) is 9.91. The Kier molecular flexibility index (Phi) is 4.90. The summed E-state index contributed by atoms with van der Waals surface area (Å²) < 4.78 is 15.3. The lowest BCUT2D eigenvalue weighted by Crippen LogP contribution is -2.41. The van der Waals surface area contributed by atoms with Crippen LogP contribution in [0, 0.1) is 24.6 Å². The fraction of sp³-hybridized carbons (Fsp3) is 0.476. The zero-order chi connectivity index (χ0) is 20.9. The van der Waals surface area contributed by atoms with Gasteiger partial charge in [0.1, 0.15) is 11.5 Å². The van der Waals surface area contributed by atoms with Crippen LogP contribution in [0.25, 0.3) is 0 Å². The fourth-order valence-electron chi connectivity index (χ4n) is 4.20. The summed E-state index contributed by atoms with van der Waals surface area (Å²) in [4.78, 5) is 26.0. The summed E-state index contributed by atoms with van der Waals surface area (Å²) in [5.41, 5.74) is 3.46. The summed E-state index contributed by atoms with van der Waals surface area (Å²) in [5.74, 6) is -0.685. The molecule has 1 aromatic heterocycles. The smallest absolute Gasteiger partial charge is 0.286 e. The Labute approximate surface area is 169 Å². The van der Waals surface area contributed by atoms with Gasteiger partial charge in [0.25, 0.3) is 5.91 Å². The van der Waals surface area contributed by atoms with Crippen molar-refractivity contribution in [3.05, 3.63) is 46.5 Å². The number of hydrazine groups is 1. The molecule has 1 N–H and O–H groups in total. The molecule has 2 amide bonds. The molecule has 0 fully saturated rings. The van der Waals surface area contributed by atoms with Crippen LogP contribution >= 0.6 is 0 Å². The summed E-state index contributed by atoms with van der Waals surface area (Å²) in [6, 6.07) is 4.56. The van der Waals surface area contributed by atoms with E-state index >= 15 is 0 Å². The maximum Gasteiger partial charge on any atom is 0.286 e. The second-order valence-electron chi connectivity index (χ2n) is 8.15. The molecule has 7 nitrogen and oxygen atoms in total. The third kappa shape index (κ3) is 3.42. The second kappa shape index (κ2) is 7.26. The van der Waals surface area contributed by atoms with Crippen molar-refractivity contribution >= 4 is 17.5 Å². The van der Waals surface area contributed by atoms with Gasteiger partial charge in [-0.15, -0.1) is 0 Å². The number of hydrogen-bond acceptors (Lipinski definition) is 4. The number of carbonyl (C=O) groups excluding carboxylic acids is 2. The Morgan fingerprint density at radius 2 is 2.00 bits per heavy atom. The van der Waals surface area contributed by atoms with Crippen LogP contribution in [0.2, 0.25) is 0 Å². The van der Waals surface area contributed by atoms with Crippen molar-refractivity contribution in [2.75, 3.05) is 26.0 Å². The van der Waals surface area contributed by atoms with Gasteiger partial charge in [0.2, 0.25) is 5.91 Å². The van der Waals surface area contributed by atoms with Gasteiger partial charge in [-0.05, 0) is 49.4 Å². The first-order chi connectivity index (χ1) is 13.8. The van der Waals surface area contributed by atoms with E-state index in [1.807, 2.05) is 19.0 Å². The van der Waals surface area contributed by atoms with Crippen LogP contribution in [0.3, 0.4) is 0 Å². The average Bonchev–Trinajstić information content (AvgIpc) is 2.99. The second-order valence-corrected chi connectivity index (χ2v) is 8.15. The Balaban J connectivity index is 1.61. The highest BCUT2D eigenvalue weighted by Gasteiger charge is 2.38. The summed E-state index contributed by atoms with van der Waals surface area (Å²) >= 11 is 0. The zero-order valence-electron chi connectivity index (χ0n) is 17.2. The van der Waals surface area contributed by atoms with Gasteiger partial charge in [-0.3, -0.25) is 19.3 Å². The highest BCUT2D eigenvalue weighted by molar-refractivity contribution is 5.96. The van der Waals surface area contributed by atoms with E-state index in [-0.39, 0.29) is 29.5 Å². The molecule has 1 unspecified atom stereocenters. The molecule has 0 saturated carbocycles. The van der Waals surface area contributed by atoms with Crippen LogP contribution in [0.4, 0.5) is 10.1 Å². The molecule has 1 aliphatic heterocycles. The van der Waals surface area contributed by atoms with E-state index < -0.39 is 0 Å². The topological polar surface area (TPSA) is 70.5 Å². The van der Waals surface area contributed by atoms with Crippen molar-refractivity contribution < 1.29 is 14.0 Å². The lowest BCUT2D eigenvalue weighted by molar-refractivity contribution is -0.121. The third-order valence-electron chi connectivity index (χ3n) is 6.17. The van der Waals surface area contributed by atoms with Crippen LogP contribution in [-0.4, -0.2) is 52.3 Å². The lowest BCUT2D eigenvalue weighted by atomic mass is 9.78. The zero-order valence-corrected chi connectivity index (χ0v) is 17.2. The number of likely N-dealkylation sites (N-methyl/N-ethyl adjacent to an activating group) is 1. The van der Waals surface area contributed by atoms with E-state index in [1.165, 1.54) is 6.07 Å². The molecule has 4 rings (SSSR count). The minimum Gasteiger partial charge on any atom is -0.326 e. The van der Waals surface area contributed by atoms with Gasteiger partial charge in [0.15, 0.2) is 0 Å². The van der Waals surface area contributed by atoms with E-state index in [2.05, 4.69) is 10.4 Å². The van der Waals surface area contributed by atoms with Gasteiger partial charge < -0.3 is 5.32 Å². The molecular formula is C21H26FN5O2. The first kappa shape index (κ1) is 19.6. The highest BCUT2D eigenvalue weighted by Crippen LogP contribution is 2.34. The number of aromatic nitrogens is 2. The van der Waals surface area contributed by atoms with Crippen molar-refractivity contribution in [3.63, 3.8) is 0 Å². The molecule has 29 heavy (non-hydrogen) atoms. The largest absolute Gasteiger partial charge is 0.326 e. The summed E-state index contributed by atoms with van der Waals surface area (Å²) in [6.45, 7) is 5.03. The minimum absolute atomic E-state index is 0.0957. The number of nitrogens with zero attached hydrogens (tertiary/aromatic N) is 4. The lowest BCUT2D eigenvalue weighted by Gasteiger charge is -2.29. The van der Waals surface area contributed by atoms with Crippen LogP contribution in [-0.2, 0) is 24.2 Å². The Morgan fingerprint density at radius 1 is 1.24 bits per heavy atom. The molecule has 0 bridgehead atoms. The van der Waals surface area contributed by atoms with E-state index in [0.717, 1.165) is 11.3 Å². The number of anilines is 1. The average molecular weight is 399 g/mol. The Bertz CT molecular complexity index is 986. The summed E-state index contributed by atoms with van der Waals surface area (Å²) in [7, 11) is 3.63. The Hall–Kier alpha value is -2.74. The summed E-state index contributed by atoms with van der Waals surface area (Å²) in [5, 5.41) is 11.1. The first-order valence-electron chi connectivity index (χ1n) is 9.91. The molecule has 0 spiro atoms. The summed E-state index contributed by atoms with van der Waals surface area (Å²) in [6.07, 6.45) is 1.13. The number of aryl methyl sites for hydroxylation is 1. The van der Waals surface area contributed by atoms with Crippen LogP contribution in [0.1, 0.15) is 34.2 Å². The maximum atomic E-state index is 13.5. The van der Waals surface area contributed by atoms with E-state index in [0.29, 0.717) is 42.9 Å². The predicted molar refractivity (Wildman–Crippen MR) is 107 cm³/mol. The molecule has 1 aliphatic carbocycles. The monoisotopic (exact) mass is 399 g/mol. The number of halogens is 1. The molecular weight excluding hydrogens is 373 g/mol. The van der Waals surface area contributed by atoms with E-state index in [4.69, 9.17) is 0 Å². The van der Waals surface area contributed by atoms with Gasteiger partial charge in [-0.25, -0.2) is 9.40 Å². The molecule has 1 aromatic carbocycles. The van der Waals surface area contributed by atoms with Gasteiger partial charge in [0.05, 0.1) is 12.2 Å². The SMILES string of the molecule is Cc1cc(NC(=O)C2Cc3c(nn4c3C(=O)N(C)N(C)CC4)C[C@H]2C)ccc1F. The number of hydrogen-bond donors (Lipinski definition) is 1. The van der Waals surface area contributed by atoms with E-state index in [9.17, 15) is 14.0 Å². The predicted octanol–water partition coefficient (Wildman–Crippen LogP) is 2.25. The van der Waals surface area contributed by atoms with Gasteiger partial charge in [-0.1, -0.05) is 6.92 Å². The molecule has 2 atom stereocenters. The molecule has 2 aliphatic rings. The highest BCUT2D eigenvalue weighted by atomic mass is 19.1. The van der Waals surface area contributed by atoms with Crippen LogP contribution in [0.15, 0.2) is 18.2 Å². The van der Waals surface area contributed by atoms with Crippen molar-refractivity contribution in [2.24, 2.45) is 11.8 Å². The molecule has 0 radical (unpaired) electrons. The maximum absolute atomic E-state index is 13.5. The molecule has 2 heterocycles. The quantitative estimate of drug-likeness (QED) is 0.841.